The van der Waals surface area contributed by atoms with Crippen LogP contribution in [0.1, 0.15) is 45.1 Å². The Labute approximate surface area is 115 Å². The Morgan fingerprint density at radius 3 is 2.84 bits per heavy atom. The zero-order valence-corrected chi connectivity index (χ0v) is 11.9. The van der Waals surface area contributed by atoms with E-state index >= 15 is 0 Å². The molecule has 0 spiro atoms. The average Bonchev–Trinajstić information content (AvgIpc) is 2.41. The second-order valence-corrected chi connectivity index (χ2v) is 5.35. The standard InChI is InChI=1S/C16H24O3/c1-3-18-15-9-5-7-13(11-17)16(15)19-14-8-4-6-12(2)10-14/h5,7,9,12,14,17H,3-4,6,8,10-11H2,1-2H3. The minimum atomic E-state index is -0.0154. The molecule has 2 atom stereocenters. The lowest BCUT2D eigenvalue weighted by Gasteiger charge is -2.28. The van der Waals surface area contributed by atoms with Crippen molar-refractivity contribution in [3.05, 3.63) is 23.8 Å². The highest BCUT2D eigenvalue weighted by Crippen LogP contribution is 2.35. The lowest BCUT2D eigenvalue weighted by Crippen LogP contribution is -2.24. The zero-order chi connectivity index (χ0) is 13.7. The lowest BCUT2D eigenvalue weighted by molar-refractivity contribution is 0.120. The van der Waals surface area contributed by atoms with Gasteiger partial charge in [0, 0.05) is 5.56 Å². The van der Waals surface area contributed by atoms with Crippen LogP contribution in [-0.4, -0.2) is 17.8 Å². The van der Waals surface area contributed by atoms with E-state index in [-0.39, 0.29) is 12.7 Å². The number of aliphatic hydroxyl groups is 1. The van der Waals surface area contributed by atoms with Crippen molar-refractivity contribution in [3.63, 3.8) is 0 Å². The average molecular weight is 264 g/mol. The Morgan fingerprint density at radius 2 is 2.16 bits per heavy atom. The summed E-state index contributed by atoms with van der Waals surface area (Å²) in [5.74, 6) is 2.19. The summed E-state index contributed by atoms with van der Waals surface area (Å²) >= 11 is 0. The van der Waals surface area contributed by atoms with Gasteiger partial charge in [-0.2, -0.15) is 0 Å². The lowest BCUT2D eigenvalue weighted by atomic mass is 9.88. The van der Waals surface area contributed by atoms with Gasteiger partial charge in [0.2, 0.25) is 0 Å². The molecule has 2 unspecified atom stereocenters. The van der Waals surface area contributed by atoms with Gasteiger partial charge >= 0.3 is 0 Å². The zero-order valence-electron chi connectivity index (χ0n) is 11.9. The van der Waals surface area contributed by atoms with Crippen molar-refractivity contribution in [2.75, 3.05) is 6.61 Å². The van der Waals surface area contributed by atoms with Crippen LogP contribution in [0.4, 0.5) is 0 Å². The van der Waals surface area contributed by atoms with E-state index in [1.807, 2.05) is 25.1 Å². The Hall–Kier alpha value is -1.22. The topological polar surface area (TPSA) is 38.7 Å². The summed E-state index contributed by atoms with van der Waals surface area (Å²) in [6.45, 7) is 4.82. The van der Waals surface area contributed by atoms with Gasteiger partial charge < -0.3 is 14.6 Å². The van der Waals surface area contributed by atoms with Gasteiger partial charge in [0.1, 0.15) is 0 Å². The molecule has 1 aromatic rings. The molecule has 0 aliphatic heterocycles. The monoisotopic (exact) mass is 264 g/mol. The summed E-state index contributed by atoms with van der Waals surface area (Å²) < 4.78 is 11.8. The van der Waals surface area contributed by atoms with E-state index in [1.54, 1.807) is 0 Å². The maximum Gasteiger partial charge on any atom is 0.167 e. The highest BCUT2D eigenvalue weighted by molar-refractivity contribution is 5.46. The van der Waals surface area contributed by atoms with Gasteiger partial charge in [0.15, 0.2) is 11.5 Å². The van der Waals surface area contributed by atoms with Gasteiger partial charge in [-0.1, -0.05) is 25.5 Å². The van der Waals surface area contributed by atoms with Crippen LogP contribution in [0.2, 0.25) is 0 Å². The van der Waals surface area contributed by atoms with Crippen molar-refractivity contribution in [2.45, 2.75) is 52.2 Å². The molecule has 1 aromatic carbocycles. The molecule has 0 bridgehead atoms. The van der Waals surface area contributed by atoms with Crippen LogP contribution in [0.15, 0.2) is 18.2 Å². The van der Waals surface area contributed by atoms with Gasteiger partial charge in [-0.3, -0.25) is 0 Å². The van der Waals surface area contributed by atoms with E-state index in [9.17, 15) is 5.11 Å². The van der Waals surface area contributed by atoms with Crippen LogP contribution in [0, 0.1) is 5.92 Å². The highest BCUT2D eigenvalue weighted by Gasteiger charge is 2.22. The Kier molecular flexibility index (Phi) is 5.08. The molecule has 3 nitrogen and oxygen atoms in total. The van der Waals surface area contributed by atoms with E-state index in [0.717, 1.165) is 35.8 Å². The van der Waals surface area contributed by atoms with Crippen LogP contribution in [0.3, 0.4) is 0 Å². The first-order chi connectivity index (χ1) is 9.24. The number of aliphatic hydroxyl groups excluding tert-OH is 1. The molecule has 1 fully saturated rings. The molecular weight excluding hydrogens is 240 g/mol. The van der Waals surface area contributed by atoms with Gasteiger partial charge in [0.25, 0.3) is 0 Å². The Balaban J connectivity index is 2.16. The van der Waals surface area contributed by atoms with Crippen LogP contribution < -0.4 is 9.47 Å². The third-order valence-electron chi connectivity index (χ3n) is 3.70. The summed E-state index contributed by atoms with van der Waals surface area (Å²) in [7, 11) is 0. The third kappa shape index (κ3) is 3.63. The summed E-state index contributed by atoms with van der Waals surface area (Å²) in [5.41, 5.74) is 0.809. The van der Waals surface area contributed by atoms with Gasteiger partial charge in [-0.25, -0.2) is 0 Å². The number of hydrogen-bond acceptors (Lipinski definition) is 3. The van der Waals surface area contributed by atoms with Gasteiger partial charge in [-0.15, -0.1) is 0 Å². The molecule has 0 radical (unpaired) electrons. The summed E-state index contributed by atoms with van der Waals surface area (Å²) in [4.78, 5) is 0. The first kappa shape index (κ1) is 14.2. The number of ether oxygens (including phenoxy) is 2. The number of rotatable bonds is 5. The molecule has 1 aliphatic carbocycles. The normalized spacial score (nSPS) is 23.1. The highest BCUT2D eigenvalue weighted by atomic mass is 16.5. The summed E-state index contributed by atoms with van der Waals surface area (Å²) in [6.07, 6.45) is 4.94. The molecule has 1 N–H and O–H groups in total. The predicted molar refractivity (Wildman–Crippen MR) is 75.6 cm³/mol. The molecule has 1 saturated carbocycles. The van der Waals surface area contributed by atoms with Crippen molar-refractivity contribution in [3.8, 4) is 11.5 Å². The fourth-order valence-corrected chi connectivity index (χ4v) is 2.74. The molecule has 0 saturated heterocycles. The molecule has 2 rings (SSSR count). The van der Waals surface area contributed by atoms with E-state index in [1.165, 1.54) is 12.8 Å². The maximum atomic E-state index is 9.46. The molecule has 0 heterocycles. The fraction of sp³-hybridized carbons (Fsp3) is 0.625. The summed E-state index contributed by atoms with van der Waals surface area (Å²) in [5, 5.41) is 9.46. The second kappa shape index (κ2) is 6.80. The third-order valence-corrected chi connectivity index (χ3v) is 3.70. The van der Waals surface area contributed by atoms with E-state index in [2.05, 4.69) is 6.92 Å². The van der Waals surface area contributed by atoms with Crippen molar-refractivity contribution < 1.29 is 14.6 Å². The minimum absolute atomic E-state index is 0.0154. The first-order valence-electron chi connectivity index (χ1n) is 7.26. The molecule has 0 amide bonds. The molecule has 0 aromatic heterocycles. The molecule has 19 heavy (non-hydrogen) atoms. The van der Waals surface area contributed by atoms with Crippen LogP contribution in [-0.2, 0) is 6.61 Å². The Bertz CT molecular complexity index is 403. The molecule has 1 aliphatic rings. The van der Waals surface area contributed by atoms with E-state index < -0.39 is 0 Å². The van der Waals surface area contributed by atoms with Crippen LogP contribution >= 0.6 is 0 Å². The number of para-hydroxylation sites is 1. The maximum absolute atomic E-state index is 9.46. The second-order valence-electron chi connectivity index (χ2n) is 5.35. The van der Waals surface area contributed by atoms with Crippen molar-refractivity contribution in [1.29, 1.82) is 0 Å². The Morgan fingerprint density at radius 1 is 1.32 bits per heavy atom. The predicted octanol–water partition coefficient (Wildman–Crippen LogP) is 3.54. The molecule has 3 heteroatoms. The molecule has 106 valence electrons. The van der Waals surface area contributed by atoms with Crippen molar-refractivity contribution in [1.82, 2.24) is 0 Å². The van der Waals surface area contributed by atoms with Crippen LogP contribution in [0.5, 0.6) is 11.5 Å². The largest absolute Gasteiger partial charge is 0.490 e. The minimum Gasteiger partial charge on any atom is -0.490 e. The van der Waals surface area contributed by atoms with Gasteiger partial charge in [-0.05, 0) is 38.2 Å². The first-order valence-corrected chi connectivity index (χ1v) is 7.26. The summed E-state index contributed by atoms with van der Waals surface area (Å²) in [6, 6.07) is 5.70. The van der Waals surface area contributed by atoms with Crippen LogP contribution in [0.25, 0.3) is 0 Å². The van der Waals surface area contributed by atoms with Crippen molar-refractivity contribution >= 4 is 0 Å². The van der Waals surface area contributed by atoms with Crippen molar-refractivity contribution in [2.24, 2.45) is 5.92 Å². The smallest absolute Gasteiger partial charge is 0.167 e. The van der Waals surface area contributed by atoms with E-state index in [4.69, 9.17) is 9.47 Å². The quantitative estimate of drug-likeness (QED) is 0.884. The fourth-order valence-electron chi connectivity index (χ4n) is 2.74. The SMILES string of the molecule is CCOc1cccc(CO)c1OC1CCCC(C)C1. The number of hydrogen-bond donors (Lipinski definition) is 1. The van der Waals surface area contributed by atoms with E-state index in [0.29, 0.717) is 6.61 Å². The molecular formula is C16H24O3. The number of benzene rings is 1. The van der Waals surface area contributed by atoms with Gasteiger partial charge in [0.05, 0.1) is 19.3 Å².